The molecule has 8 nitrogen and oxygen atoms in total. The Morgan fingerprint density at radius 1 is 1.25 bits per heavy atom. The molecule has 9 heteroatoms. The van der Waals surface area contributed by atoms with Crippen molar-refractivity contribution in [3.05, 3.63) is 48.8 Å². The maximum absolute atomic E-state index is 11.6. The monoisotopic (exact) mass is 296 g/mol. The Balaban J connectivity index is 2.89. The van der Waals surface area contributed by atoms with Crippen LogP contribution in [0.5, 0.6) is 0 Å². The second-order valence-electron chi connectivity index (χ2n) is 3.69. The second-order valence-corrected chi connectivity index (χ2v) is 4.97. The summed E-state index contributed by atoms with van der Waals surface area (Å²) in [4.78, 5) is 32.0. The SMILES string of the molecule is CCSc1c([N+](=O)[O-])c(=O)oc2ccc([N+](=O)[O-])cc12. The molecule has 0 aliphatic rings. The van der Waals surface area contributed by atoms with Crippen LogP contribution in [0.1, 0.15) is 6.92 Å². The summed E-state index contributed by atoms with van der Waals surface area (Å²) in [6.07, 6.45) is 0. The molecule has 0 N–H and O–H groups in total. The third-order valence-electron chi connectivity index (χ3n) is 2.50. The standard InChI is InChI=1S/C11H8N2O6S/c1-2-20-10-7-5-6(12(15)16)3-4-8(7)19-11(14)9(10)13(17)18/h3-5H,2H2,1H3. The summed E-state index contributed by atoms with van der Waals surface area (Å²) in [7, 11) is 0. The van der Waals surface area contributed by atoms with Gasteiger partial charge < -0.3 is 4.42 Å². The number of benzene rings is 1. The van der Waals surface area contributed by atoms with Crippen molar-refractivity contribution in [1.29, 1.82) is 0 Å². The fraction of sp³-hybridized carbons (Fsp3) is 0.182. The van der Waals surface area contributed by atoms with Crippen LogP contribution >= 0.6 is 11.8 Å². The van der Waals surface area contributed by atoms with Crippen molar-refractivity contribution in [3.63, 3.8) is 0 Å². The van der Waals surface area contributed by atoms with E-state index in [9.17, 15) is 25.0 Å². The first kappa shape index (κ1) is 14.0. The van der Waals surface area contributed by atoms with Crippen LogP contribution in [-0.4, -0.2) is 15.6 Å². The van der Waals surface area contributed by atoms with Crippen LogP contribution in [-0.2, 0) is 0 Å². The van der Waals surface area contributed by atoms with Crippen molar-refractivity contribution < 1.29 is 14.3 Å². The number of thioether (sulfide) groups is 1. The molecule has 1 aromatic heterocycles. The number of rotatable bonds is 4. The molecule has 0 aliphatic carbocycles. The van der Waals surface area contributed by atoms with E-state index in [1.807, 2.05) is 0 Å². The summed E-state index contributed by atoms with van der Waals surface area (Å²) in [5, 5.41) is 21.9. The molecule has 1 heterocycles. The van der Waals surface area contributed by atoms with Crippen LogP contribution in [0.25, 0.3) is 11.0 Å². The molecule has 0 fully saturated rings. The zero-order valence-electron chi connectivity index (χ0n) is 10.2. The van der Waals surface area contributed by atoms with E-state index < -0.39 is 21.2 Å². The first-order chi connectivity index (χ1) is 9.45. The van der Waals surface area contributed by atoms with Gasteiger partial charge in [0.05, 0.1) is 9.85 Å². The zero-order chi connectivity index (χ0) is 14.9. The third kappa shape index (κ3) is 2.35. The fourth-order valence-corrected chi connectivity index (χ4v) is 2.61. The number of hydrogen-bond acceptors (Lipinski definition) is 7. The lowest BCUT2D eigenvalue weighted by molar-refractivity contribution is -0.390. The molecule has 104 valence electrons. The Hall–Kier alpha value is -2.42. The van der Waals surface area contributed by atoms with Crippen LogP contribution in [0, 0.1) is 20.2 Å². The van der Waals surface area contributed by atoms with Gasteiger partial charge in [-0.05, 0) is 11.8 Å². The molecular weight excluding hydrogens is 288 g/mol. The quantitative estimate of drug-likeness (QED) is 0.368. The van der Waals surface area contributed by atoms with Crippen molar-refractivity contribution in [2.45, 2.75) is 11.8 Å². The maximum atomic E-state index is 11.6. The van der Waals surface area contributed by atoms with E-state index in [0.29, 0.717) is 5.75 Å². The summed E-state index contributed by atoms with van der Waals surface area (Å²) >= 11 is 1.07. The molecule has 0 saturated carbocycles. The lowest BCUT2D eigenvalue weighted by Gasteiger charge is -2.04. The molecule has 0 bridgehead atoms. The summed E-state index contributed by atoms with van der Waals surface area (Å²) in [5.41, 5.74) is -1.89. The number of nitro benzene ring substituents is 1. The Morgan fingerprint density at radius 2 is 1.95 bits per heavy atom. The average Bonchev–Trinajstić information content (AvgIpc) is 2.37. The normalized spacial score (nSPS) is 10.7. The number of non-ortho nitro benzene ring substituents is 1. The van der Waals surface area contributed by atoms with Crippen molar-refractivity contribution in [2.75, 3.05) is 5.75 Å². The molecule has 2 aromatic rings. The average molecular weight is 296 g/mol. The van der Waals surface area contributed by atoms with Gasteiger partial charge in [0.15, 0.2) is 0 Å². The Morgan fingerprint density at radius 3 is 2.50 bits per heavy atom. The van der Waals surface area contributed by atoms with E-state index in [1.54, 1.807) is 6.92 Å². The van der Waals surface area contributed by atoms with E-state index >= 15 is 0 Å². The minimum absolute atomic E-state index is 0.0853. The lowest BCUT2D eigenvalue weighted by Crippen LogP contribution is -2.08. The van der Waals surface area contributed by atoms with Crippen LogP contribution < -0.4 is 5.63 Å². The van der Waals surface area contributed by atoms with Gasteiger partial charge in [0.1, 0.15) is 10.5 Å². The van der Waals surface area contributed by atoms with E-state index in [1.165, 1.54) is 18.2 Å². The van der Waals surface area contributed by atoms with Gasteiger partial charge in [-0.2, -0.15) is 0 Å². The largest absolute Gasteiger partial charge is 0.418 e. The zero-order valence-corrected chi connectivity index (χ0v) is 11.0. The molecule has 0 unspecified atom stereocenters. The Bertz CT molecular complexity index is 769. The van der Waals surface area contributed by atoms with Crippen LogP contribution in [0.4, 0.5) is 11.4 Å². The highest BCUT2D eigenvalue weighted by molar-refractivity contribution is 7.99. The molecule has 0 amide bonds. The highest BCUT2D eigenvalue weighted by atomic mass is 32.2. The van der Waals surface area contributed by atoms with Crippen LogP contribution in [0.15, 0.2) is 32.3 Å². The molecule has 0 atom stereocenters. The van der Waals surface area contributed by atoms with Gasteiger partial charge in [-0.1, -0.05) is 6.92 Å². The van der Waals surface area contributed by atoms with Gasteiger partial charge in [-0.15, -0.1) is 11.8 Å². The number of nitro groups is 2. The van der Waals surface area contributed by atoms with Crippen molar-refractivity contribution in [2.24, 2.45) is 0 Å². The number of fused-ring (bicyclic) bond motifs is 1. The summed E-state index contributed by atoms with van der Waals surface area (Å²) in [6.45, 7) is 1.76. The molecule has 0 radical (unpaired) electrons. The second kappa shape index (κ2) is 5.29. The third-order valence-corrected chi connectivity index (χ3v) is 3.49. The molecule has 0 aliphatic heterocycles. The van der Waals surface area contributed by atoms with Crippen LogP contribution in [0.2, 0.25) is 0 Å². The van der Waals surface area contributed by atoms with E-state index in [2.05, 4.69) is 0 Å². The predicted molar refractivity (Wildman–Crippen MR) is 72.2 cm³/mol. The van der Waals surface area contributed by atoms with Gasteiger partial charge in [-0.3, -0.25) is 20.2 Å². The molecule has 0 spiro atoms. The van der Waals surface area contributed by atoms with E-state index in [-0.39, 0.29) is 21.6 Å². The first-order valence-corrected chi connectivity index (χ1v) is 6.46. The molecule has 0 saturated heterocycles. The van der Waals surface area contributed by atoms with Crippen molar-refractivity contribution >= 4 is 34.1 Å². The highest BCUT2D eigenvalue weighted by Gasteiger charge is 2.25. The van der Waals surface area contributed by atoms with Gasteiger partial charge in [0.25, 0.3) is 5.69 Å². The van der Waals surface area contributed by atoms with Gasteiger partial charge >= 0.3 is 11.3 Å². The minimum Gasteiger partial charge on any atom is -0.418 e. The lowest BCUT2D eigenvalue weighted by atomic mass is 10.2. The highest BCUT2D eigenvalue weighted by Crippen LogP contribution is 2.35. The number of hydrogen-bond donors (Lipinski definition) is 0. The van der Waals surface area contributed by atoms with Gasteiger partial charge in [-0.25, -0.2) is 4.79 Å². The fourth-order valence-electron chi connectivity index (χ4n) is 1.71. The summed E-state index contributed by atoms with van der Waals surface area (Å²) < 4.78 is 4.84. The molecular formula is C11H8N2O6S. The van der Waals surface area contributed by atoms with Crippen LogP contribution in [0.3, 0.4) is 0 Å². The molecule has 1 aromatic carbocycles. The molecule has 2 rings (SSSR count). The maximum Gasteiger partial charge on any atom is 0.416 e. The summed E-state index contributed by atoms with van der Waals surface area (Å²) in [6, 6.07) is 3.61. The summed E-state index contributed by atoms with van der Waals surface area (Å²) in [5.74, 6) is 0.474. The van der Waals surface area contributed by atoms with Crippen molar-refractivity contribution in [3.8, 4) is 0 Å². The number of nitrogens with zero attached hydrogens (tertiary/aromatic N) is 2. The topological polar surface area (TPSA) is 116 Å². The molecule has 20 heavy (non-hydrogen) atoms. The first-order valence-electron chi connectivity index (χ1n) is 5.48. The van der Waals surface area contributed by atoms with Crippen molar-refractivity contribution in [1.82, 2.24) is 0 Å². The smallest absolute Gasteiger partial charge is 0.416 e. The van der Waals surface area contributed by atoms with E-state index in [4.69, 9.17) is 4.42 Å². The van der Waals surface area contributed by atoms with Gasteiger partial charge in [0, 0.05) is 17.5 Å². The predicted octanol–water partition coefficient (Wildman–Crippen LogP) is 2.72. The van der Waals surface area contributed by atoms with Gasteiger partial charge in [0.2, 0.25) is 0 Å². The minimum atomic E-state index is -1.06. The van der Waals surface area contributed by atoms with E-state index in [0.717, 1.165) is 11.8 Å². The Labute approximate surface area is 115 Å². The Kier molecular flexibility index (Phi) is 3.70.